The Morgan fingerprint density at radius 3 is 2.69 bits per heavy atom. The summed E-state index contributed by atoms with van der Waals surface area (Å²) in [5, 5.41) is 9.09. The van der Waals surface area contributed by atoms with Crippen molar-refractivity contribution in [3.63, 3.8) is 0 Å². The summed E-state index contributed by atoms with van der Waals surface area (Å²) >= 11 is 0. The van der Waals surface area contributed by atoms with E-state index in [1.807, 2.05) is 6.07 Å². The van der Waals surface area contributed by atoms with Crippen LogP contribution in [-0.2, 0) is 14.8 Å². The van der Waals surface area contributed by atoms with Crippen LogP contribution in [0.1, 0.15) is 18.5 Å². The number of nitriles is 1. The van der Waals surface area contributed by atoms with E-state index in [0.29, 0.717) is 25.1 Å². The molecule has 1 fully saturated rings. The molecule has 1 aromatic carbocycles. The highest BCUT2D eigenvalue weighted by Gasteiger charge is 2.31. The first-order valence-corrected chi connectivity index (χ1v) is 10.2. The lowest BCUT2D eigenvalue weighted by Crippen LogP contribution is -2.44. The number of aromatic nitrogens is 2. The lowest BCUT2D eigenvalue weighted by Gasteiger charge is -2.31. The largest absolute Gasteiger partial charge is 0.484 e. The molecule has 1 saturated heterocycles. The first-order valence-electron chi connectivity index (χ1n) is 8.79. The molecule has 0 spiro atoms. The van der Waals surface area contributed by atoms with E-state index in [-0.39, 0.29) is 29.6 Å². The van der Waals surface area contributed by atoms with E-state index in [2.05, 4.69) is 9.97 Å². The molecule has 1 amide bonds. The maximum atomic E-state index is 13.0. The van der Waals surface area contributed by atoms with Crippen LogP contribution in [0.25, 0.3) is 0 Å². The molecule has 2 heterocycles. The molecular weight excluding hydrogens is 398 g/mol. The zero-order valence-electron chi connectivity index (χ0n) is 15.4. The normalized spacial score (nSPS) is 17.3. The Morgan fingerprint density at radius 1 is 1.28 bits per heavy atom. The molecule has 1 aliphatic heterocycles. The number of hydrogen-bond acceptors (Lipinski definition) is 8. The minimum Gasteiger partial charge on any atom is -0.484 e. The number of carbonyl (C=O) groups is 1. The average molecular weight is 417 g/mol. The van der Waals surface area contributed by atoms with Crippen molar-refractivity contribution in [1.29, 1.82) is 5.26 Å². The monoisotopic (exact) mass is 417 g/mol. The van der Waals surface area contributed by atoms with Crippen LogP contribution in [0, 0.1) is 11.3 Å². The minimum absolute atomic E-state index is 0.0547. The zero-order valence-corrected chi connectivity index (χ0v) is 16.2. The summed E-state index contributed by atoms with van der Waals surface area (Å²) in [5.74, 6) is -0.187. The minimum atomic E-state index is -3.75. The van der Waals surface area contributed by atoms with Crippen LogP contribution in [0.5, 0.6) is 11.6 Å². The Kier molecular flexibility index (Phi) is 6.26. The second-order valence-corrected chi connectivity index (χ2v) is 8.23. The number of primary amides is 1. The number of piperidine rings is 1. The van der Waals surface area contributed by atoms with Crippen molar-refractivity contribution < 1.29 is 22.7 Å². The molecule has 3 rings (SSSR count). The third kappa shape index (κ3) is 4.98. The van der Waals surface area contributed by atoms with Crippen molar-refractivity contribution >= 4 is 15.9 Å². The van der Waals surface area contributed by atoms with Crippen molar-refractivity contribution in [1.82, 2.24) is 14.3 Å². The maximum absolute atomic E-state index is 13.0. The lowest BCUT2D eigenvalue weighted by molar-refractivity contribution is -0.119. The zero-order chi connectivity index (χ0) is 20.9. The number of amides is 1. The molecule has 0 aliphatic carbocycles. The van der Waals surface area contributed by atoms with E-state index in [9.17, 15) is 13.2 Å². The van der Waals surface area contributed by atoms with Crippen LogP contribution in [0.15, 0.2) is 41.6 Å². The molecule has 152 valence electrons. The highest BCUT2D eigenvalue weighted by atomic mass is 32.2. The molecule has 0 radical (unpaired) electrons. The van der Waals surface area contributed by atoms with Gasteiger partial charge in [0.05, 0.1) is 11.4 Å². The highest BCUT2D eigenvalue weighted by Crippen LogP contribution is 2.25. The fraction of sp³-hybridized carbons (Fsp3) is 0.333. The predicted octanol–water partition coefficient (Wildman–Crippen LogP) is 0.444. The van der Waals surface area contributed by atoms with Gasteiger partial charge in [0, 0.05) is 18.9 Å². The summed E-state index contributed by atoms with van der Waals surface area (Å²) < 4.78 is 38.1. The van der Waals surface area contributed by atoms with Crippen molar-refractivity contribution in [3.8, 4) is 17.7 Å². The van der Waals surface area contributed by atoms with Crippen LogP contribution in [-0.4, -0.2) is 54.4 Å². The van der Waals surface area contributed by atoms with Crippen LogP contribution < -0.4 is 15.2 Å². The summed E-state index contributed by atoms with van der Waals surface area (Å²) in [7, 11) is -3.75. The second-order valence-electron chi connectivity index (χ2n) is 6.29. The lowest BCUT2D eigenvalue weighted by atomic mass is 10.1. The van der Waals surface area contributed by atoms with E-state index < -0.39 is 22.0 Å². The first kappa shape index (κ1) is 20.5. The Balaban J connectivity index is 1.70. The molecule has 2 N–H and O–H groups in total. The summed E-state index contributed by atoms with van der Waals surface area (Å²) in [6.07, 6.45) is 3.59. The van der Waals surface area contributed by atoms with E-state index in [4.69, 9.17) is 20.5 Å². The van der Waals surface area contributed by atoms with Gasteiger partial charge in [0.25, 0.3) is 11.8 Å². The quantitative estimate of drug-likeness (QED) is 0.682. The molecule has 1 aromatic heterocycles. The standard InChI is InChI=1S/C18H19N5O5S/c19-10-16-18(22-8-7-21-16)28-14-2-1-9-23(11-14)29(25,26)15-5-3-13(4-6-15)27-12-17(20)24/h3-8,14H,1-2,9,11-12H2,(H2,20,24). The molecule has 2 aromatic rings. The molecule has 1 aliphatic rings. The number of nitrogens with two attached hydrogens (primary N) is 1. The van der Waals surface area contributed by atoms with Crippen LogP contribution >= 0.6 is 0 Å². The number of rotatable bonds is 7. The highest BCUT2D eigenvalue weighted by molar-refractivity contribution is 7.89. The van der Waals surface area contributed by atoms with Gasteiger partial charge in [-0.15, -0.1) is 0 Å². The first-order chi connectivity index (χ1) is 13.9. The summed E-state index contributed by atoms with van der Waals surface area (Å²) in [6.45, 7) is 0.196. The van der Waals surface area contributed by atoms with Crippen molar-refractivity contribution in [2.45, 2.75) is 23.8 Å². The van der Waals surface area contributed by atoms with Gasteiger partial charge in [0.2, 0.25) is 15.7 Å². The number of sulfonamides is 1. The van der Waals surface area contributed by atoms with E-state index in [0.717, 1.165) is 0 Å². The van der Waals surface area contributed by atoms with Gasteiger partial charge in [-0.1, -0.05) is 0 Å². The number of benzene rings is 1. The van der Waals surface area contributed by atoms with Crippen LogP contribution in [0.4, 0.5) is 0 Å². The third-order valence-electron chi connectivity index (χ3n) is 4.23. The van der Waals surface area contributed by atoms with Crippen LogP contribution in [0.2, 0.25) is 0 Å². The van der Waals surface area contributed by atoms with Gasteiger partial charge < -0.3 is 15.2 Å². The third-order valence-corrected chi connectivity index (χ3v) is 6.11. The van der Waals surface area contributed by atoms with Gasteiger partial charge in [0.1, 0.15) is 17.9 Å². The van der Waals surface area contributed by atoms with E-state index >= 15 is 0 Å². The van der Waals surface area contributed by atoms with Crippen LogP contribution in [0.3, 0.4) is 0 Å². The molecule has 1 atom stereocenters. The summed E-state index contributed by atoms with van der Waals surface area (Å²) in [6, 6.07) is 7.65. The van der Waals surface area contributed by atoms with Gasteiger partial charge in [0.15, 0.2) is 6.61 Å². The van der Waals surface area contributed by atoms with Gasteiger partial charge in [-0.3, -0.25) is 4.79 Å². The number of ether oxygens (including phenoxy) is 2. The van der Waals surface area contributed by atoms with E-state index in [1.54, 1.807) is 0 Å². The maximum Gasteiger partial charge on any atom is 0.255 e. The van der Waals surface area contributed by atoms with Gasteiger partial charge in [-0.2, -0.15) is 9.57 Å². The number of carbonyl (C=O) groups excluding carboxylic acids is 1. The van der Waals surface area contributed by atoms with Crippen molar-refractivity contribution in [2.75, 3.05) is 19.7 Å². The number of nitrogens with zero attached hydrogens (tertiary/aromatic N) is 4. The fourth-order valence-corrected chi connectivity index (χ4v) is 4.39. The summed E-state index contributed by atoms with van der Waals surface area (Å²) in [5.41, 5.74) is 5.07. The van der Waals surface area contributed by atoms with E-state index in [1.165, 1.54) is 41.0 Å². The molecule has 0 saturated carbocycles. The molecule has 10 nitrogen and oxygen atoms in total. The van der Waals surface area contributed by atoms with Crippen molar-refractivity contribution in [3.05, 3.63) is 42.4 Å². The molecular formula is C18H19N5O5S. The molecule has 29 heavy (non-hydrogen) atoms. The molecule has 11 heteroatoms. The number of hydrogen-bond donors (Lipinski definition) is 1. The van der Waals surface area contributed by atoms with Gasteiger partial charge >= 0.3 is 0 Å². The Labute approximate surface area is 167 Å². The molecule has 0 bridgehead atoms. The molecule has 1 unspecified atom stereocenters. The fourth-order valence-electron chi connectivity index (χ4n) is 2.88. The smallest absolute Gasteiger partial charge is 0.255 e. The van der Waals surface area contributed by atoms with Crippen molar-refractivity contribution in [2.24, 2.45) is 5.73 Å². The second kappa shape index (κ2) is 8.85. The predicted molar refractivity (Wildman–Crippen MR) is 100 cm³/mol. The SMILES string of the molecule is N#Cc1nccnc1OC1CCCN(S(=O)(=O)c2ccc(OCC(N)=O)cc2)C1. The average Bonchev–Trinajstić information content (AvgIpc) is 2.73. The Hall–Kier alpha value is -3.23. The summed E-state index contributed by atoms with van der Waals surface area (Å²) in [4.78, 5) is 18.8. The Bertz CT molecular complexity index is 1020. The van der Waals surface area contributed by atoms with Gasteiger partial charge in [-0.25, -0.2) is 18.4 Å². The van der Waals surface area contributed by atoms with Gasteiger partial charge in [-0.05, 0) is 37.1 Å². The topological polar surface area (TPSA) is 148 Å². The Morgan fingerprint density at radius 2 is 2.00 bits per heavy atom.